The topological polar surface area (TPSA) is 37.8 Å². The van der Waals surface area contributed by atoms with Gasteiger partial charge < -0.3 is 5.32 Å². The van der Waals surface area contributed by atoms with Crippen molar-refractivity contribution in [2.45, 2.75) is 50.4 Å². The molecule has 0 saturated heterocycles. The molecule has 0 aromatic carbocycles. The minimum atomic E-state index is 0.652. The standard InChI is InChI=1S/C11H21N3S2/c1-4-12-9(2)7-5-6-8-15-11-14-13-10(3)16-11/h9,12H,4-8H2,1-3H3. The van der Waals surface area contributed by atoms with Crippen molar-refractivity contribution in [1.82, 2.24) is 15.5 Å². The van der Waals surface area contributed by atoms with Crippen molar-refractivity contribution in [2.24, 2.45) is 0 Å². The Hall–Kier alpha value is -0.130. The zero-order chi connectivity index (χ0) is 11.8. The maximum atomic E-state index is 4.10. The zero-order valence-electron chi connectivity index (χ0n) is 10.3. The Bertz CT molecular complexity index is 289. The van der Waals surface area contributed by atoms with Gasteiger partial charge in [-0.2, -0.15) is 0 Å². The Morgan fingerprint density at radius 3 is 2.81 bits per heavy atom. The monoisotopic (exact) mass is 259 g/mol. The van der Waals surface area contributed by atoms with Gasteiger partial charge in [0.2, 0.25) is 0 Å². The summed E-state index contributed by atoms with van der Waals surface area (Å²) in [7, 11) is 0. The molecule has 1 aromatic heterocycles. The molecule has 0 aliphatic rings. The first kappa shape index (κ1) is 13.9. The quantitative estimate of drug-likeness (QED) is 0.575. The molecule has 1 atom stereocenters. The molecular weight excluding hydrogens is 238 g/mol. The predicted octanol–water partition coefficient (Wildman–Crippen LogP) is 3.11. The first-order chi connectivity index (χ1) is 7.72. The summed E-state index contributed by atoms with van der Waals surface area (Å²) in [6, 6.07) is 0.652. The number of rotatable bonds is 8. The van der Waals surface area contributed by atoms with Crippen LogP contribution in [-0.4, -0.2) is 28.5 Å². The molecule has 0 bridgehead atoms. The Kier molecular flexibility index (Phi) is 7.00. The first-order valence-corrected chi connectivity index (χ1v) is 7.69. The Labute approximate surface area is 106 Å². The lowest BCUT2D eigenvalue weighted by molar-refractivity contribution is 0.510. The third-order valence-corrected chi connectivity index (χ3v) is 4.38. The van der Waals surface area contributed by atoms with Gasteiger partial charge in [-0.15, -0.1) is 10.2 Å². The van der Waals surface area contributed by atoms with Crippen LogP contribution >= 0.6 is 23.1 Å². The van der Waals surface area contributed by atoms with Crippen molar-refractivity contribution in [3.8, 4) is 0 Å². The molecule has 92 valence electrons. The maximum absolute atomic E-state index is 4.10. The summed E-state index contributed by atoms with van der Waals surface area (Å²) in [6.07, 6.45) is 3.82. The molecule has 0 aliphatic heterocycles. The lowest BCUT2D eigenvalue weighted by Gasteiger charge is -2.10. The van der Waals surface area contributed by atoms with Gasteiger partial charge in [-0.3, -0.25) is 0 Å². The summed E-state index contributed by atoms with van der Waals surface area (Å²) in [5.41, 5.74) is 0. The number of nitrogens with one attached hydrogen (secondary N) is 1. The van der Waals surface area contributed by atoms with Crippen molar-refractivity contribution < 1.29 is 0 Å². The SMILES string of the molecule is CCNC(C)CCCCSc1nnc(C)s1. The second-order valence-corrected chi connectivity index (χ2v) is 6.41. The van der Waals surface area contributed by atoms with Crippen molar-refractivity contribution in [2.75, 3.05) is 12.3 Å². The molecule has 0 aliphatic carbocycles. The number of hydrogen-bond donors (Lipinski definition) is 1. The number of thioether (sulfide) groups is 1. The highest BCUT2D eigenvalue weighted by molar-refractivity contribution is 8.01. The van der Waals surface area contributed by atoms with Gasteiger partial charge >= 0.3 is 0 Å². The molecule has 1 aromatic rings. The fourth-order valence-electron chi connectivity index (χ4n) is 1.50. The van der Waals surface area contributed by atoms with Crippen molar-refractivity contribution in [3.05, 3.63) is 5.01 Å². The lowest BCUT2D eigenvalue weighted by Crippen LogP contribution is -2.25. The summed E-state index contributed by atoms with van der Waals surface area (Å²) < 4.78 is 1.11. The third-order valence-electron chi connectivity index (χ3n) is 2.32. The third kappa shape index (κ3) is 5.82. The number of nitrogens with zero attached hydrogens (tertiary/aromatic N) is 2. The van der Waals surface area contributed by atoms with Crippen LogP contribution < -0.4 is 5.32 Å². The molecule has 0 spiro atoms. The van der Waals surface area contributed by atoms with E-state index in [0.717, 1.165) is 21.6 Å². The normalized spacial score (nSPS) is 12.9. The van der Waals surface area contributed by atoms with Crippen LogP contribution in [0, 0.1) is 6.92 Å². The molecule has 1 heterocycles. The minimum Gasteiger partial charge on any atom is -0.315 e. The summed E-state index contributed by atoms with van der Waals surface area (Å²) in [5, 5.41) is 12.6. The predicted molar refractivity (Wildman–Crippen MR) is 72.4 cm³/mol. The van der Waals surface area contributed by atoms with Crippen LogP contribution in [0.1, 0.15) is 38.1 Å². The van der Waals surface area contributed by atoms with Crippen LogP contribution in [0.2, 0.25) is 0 Å². The van der Waals surface area contributed by atoms with Gasteiger partial charge in [0.1, 0.15) is 5.01 Å². The van der Waals surface area contributed by atoms with E-state index in [1.807, 2.05) is 18.7 Å². The molecule has 16 heavy (non-hydrogen) atoms. The molecule has 0 radical (unpaired) electrons. The number of unbranched alkanes of at least 4 members (excludes halogenated alkanes) is 1. The van der Waals surface area contributed by atoms with Gasteiger partial charge in [-0.1, -0.05) is 36.4 Å². The van der Waals surface area contributed by atoms with Crippen LogP contribution in [0.4, 0.5) is 0 Å². The van der Waals surface area contributed by atoms with Crippen LogP contribution in [-0.2, 0) is 0 Å². The molecule has 1 unspecified atom stereocenters. The van der Waals surface area contributed by atoms with Gasteiger partial charge in [0.15, 0.2) is 4.34 Å². The Morgan fingerprint density at radius 1 is 1.38 bits per heavy atom. The largest absolute Gasteiger partial charge is 0.315 e. The van der Waals surface area contributed by atoms with Crippen LogP contribution in [0.3, 0.4) is 0 Å². The van der Waals surface area contributed by atoms with E-state index in [1.165, 1.54) is 19.3 Å². The summed E-state index contributed by atoms with van der Waals surface area (Å²) in [6.45, 7) is 7.48. The maximum Gasteiger partial charge on any atom is 0.174 e. The molecule has 5 heteroatoms. The Morgan fingerprint density at radius 2 is 2.19 bits per heavy atom. The molecular formula is C11H21N3S2. The van der Waals surface area contributed by atoms with E-state index in [1.54, 1.807) is 11.3 Å². The van der Waals surface area contributed by atoms with Gasteiger partial charge in [-0.25, -0.2) is 0 Å². The van der Waals surface area contributed by atoms with E-state index < -0.39 is 0 Å². The highest BCUT2D eigenvalue weighted by Crippen LogP contribution is 2.22. The van der Waals surface area contributed by atoms with E-state index in [4.69, 9.17) is 0 Å². The molecule has 1 N–H and O–H groups in total. The van der Waals surface area contributed by atoms with Gasteiger partial charge in [0.25, 0.3) is 0 Å². The van der Waals surface area contributed by atoms with Crippen molar-refractivity contribution in [1.29, 1.82) is 0 Å². The molecule has 0 amide bonds. The average molecular weight is 259 g/mol. The van der Waals surface area contributed by atoms with Gasteiger partial charge in [-0.05, 0) is 33.2 Å². The zero-order valence-corrected chi connectivity index (χ0v) is 12.0. The molecule has 1 rings (SSSR count). The highest BCUT2D eigenvalue weighted by atomic mass is 32.2. The van der Waals surface area contributed by atoms with Crippen LogP contribution in [0.15, 0.2) is 4.34 Å². The second kappa shape index (κ2) is 8.03. The average Bonchev–Trinajstić information content (AvgIpc) is 2.64. The van der Waals surface area contributed by atoms with E-state index >= 15 is 0 Å². The second-order valence-electron chi connectivity index (χ2n) is 3.89. The van der Waals surface area contributed by atoms with Gasteiger partial charge in [0.05, 0.1) is 0 Å². The fourth-order valence-corrected chi connectivity index (χ4v) is 3.38. The summed E-state index contributed by atoms with van der Waals surface area (Å²) >= 11 is 3.52. The smallest absolute Gasteiger partial charge is 0.174 e. The van der Waals surface area contributed by atoms with Crippen molar-refractivity contribution >= 4 is 23.1 Å². The van der Waals surface area contributed by atoms with E-state index in [2.05, 4.69) is 29.4 Å². The van der Waals surface area contributed by atoms with Crippen molar-refractivity contribution in [3.63, 3.8) is 0 Å². The van der Waals surface area contributed by atoms with Crippen LogP contribution in [0.5, 0.6) is 0 Å². The molecule has 0 fully saturated rings. The summed E-state index contributed by atoms with van der Waals surface area (Å²) in [5.74, 6) is 1.16. The fraction of sp³-hybridized carbons (Fsp3) is 0.818. The van der Waals surface area contributed by atoms with E-state index in [0.29, 0.717) is 6.04 Å². The molecule has 0 saturated carbocycles. The van der Waals surface area contributed by atoms with Crippen LogP contribution in [0.25, 0.3) is 0 Å². The highest BCUT2D eigenvalue weighted by Gasteiger charge is 2.02. The Balaban J connectivity index is 2.00. The number of aryl methyl sites for hydroxylation is 1. The number of aromatic nitrogens is 2. The number of hydrogen-bond acceptors (Lipinski definition) is 5. The first-order valence-electron chi connectivity index (χ1n) is 5.88. The lowest BCUT2D eigenvalue weighted by atomic mass is 10.1. The van der Waals surface area contributed by atoms with E-state index in [9.17, 15) is 0 Å². The molecule has 3 nitrogen and oxygen atoms in total. The van der Waals surface area contributed by atoms with Gasteiger partial charge in [0, 0.05) is 11.8 Å². The van der Waals surface area contributed by atoms with E-state index in [-0.39, 0.29) is 0 Å². The minimum absolute atomic E-state index is 0.652. The summed E-state index contributed by atoms with van der Waals surface area (Å²) in [4.78, 5) is 0.